The van der Waals surface area contributed by atoms with Crippen LogP contribution in [0.15, 0.2) is 72.8 Å². The van der Waals surface area contributed by atoms with E-state index < -0.39 is 115 Å². The predicted molar refractivity (Wildman–Crippen MR) is 168 cm³/mol. The van der Waals surface area contributed by atoms with Crippen LogP contribution in [0.4, 0.5) is 58.4 Å². The Morgan fingerprint density at radius 2 is 0.868 bits per heavy atom. The lowest BCUT2D eigenvalue weighted by atomic mass is 9.71. The van der Waals surface area contributed by atoms with Crippen molar-refractivity contribution in [2.45, 2.75) is 30.1 Å². The molecule has 0 spiro atoms. The predicted octanol–water partition coefficient (Wildman–Crippen LogP) is 9.43. The third-order valence-corrected chi connectivity index (χ3v) is 9.51. The summed E-state index contributed by atoms with van der Waals surface area (Å²) >= 11 is 1.51. The Morgan fingerprint density at radius 3 is 1.36 bits per heavy atom. The van der Waals surface area contributed by atoms with E-state index in [0.717, 1.165) is 19.2 Å². The van der Waals surface area contributed by atoms with Crippen LogP contribution in [0.3, 0.4) is 0 Å². The van der Waals surface area contributed by atoms with E-state index in [0.29, 0.717) is 41.3 Å². The monoisotopic (exact) mass is 870 g/mol. The molecule has 0 saturated heterocycles. The normalized spacial score (nSPS) is 15.4. The van der Waals surface area contributed by atoms with Crippen molar-refractivity contribution in [2.75, 3.05) is 11.9 Å². The fraction of sp³-hybridized carbons (Fsp3) is 0.176. The van der Waals surface area contributed by atoms with E-state index in [1.54, 1.807) is 0 Å². The summed E-state index contributed by atoms with van der Waals surface area (Å²) in [6, 6.07) is 5.77. The second-order valence-electron chi connectivity index (χ2n) is 11.8. The van der Waals surface area contributed by atoms with Crippen LogP contribution in [0.2, 0.25) is 0 Å². The molecule has 4 aromatic carbocycles. The van der Waals surface area contributed by atoms with Crippen molar-refractivity contribution in [3.05, 3.63) is 121 Å². The zero-order chi connectivity index (χ0) is 39.4. The van der Waals surface area contributed by atoms with Crippen molar-refractivity contribution in [1.82, 2.24) is 4.90 Å². The van der Waals surface area contributed by atoms with Gasteiger partial charge >= 0.3 is 24.7 Å². The van der Waals surface area contributed by atoms with Gasteiger partial charge in [0.2, 0.25) is 5.41 Å². The third-order valence-electron chi connectivity index (χ3n) is 8.84. The number of anilines is 1. The Labute approximate surface area is 302 Å². The average Bonchev–Trinajstić information content (AvgIpc) is 3.42. The Morgan fingerprint density at radius 1 is 0.472 bits per heavy atom. The molecule has 2 aliphatic rings. The molecule has 4 aromatic rings. The molecule has 6 rings (SSSR count). The lowest BCUT2D eigenvalue weighted by Crippen LogP contribution is -2.55. The van der Waals surface area contributed by atoms with Gasteiger partial charge in [-0.05, 0) is 93.4 Å². The molecule has 0 bridgehead atoms. The van der Waals surface area contributed by atoms with Gasteiger partial charge in [0, 0.05) is 10.6 Å². The molecule has 0 unspecified atom stereocenters. The molecule has 6 nitrogen and oxygen atoms in total. The van der Waals surface area contributed by atoms with Gasteiger partial charge < -0.3 is 0 Å². The maximum atomic E-state index is 14.9. The van der Waals surface area contributed by atoms with Gasteiger partial charge in [0.15, 0.2) is 0 Å². The molecule has 0 saturated carbocycles. The van der Waals surface area contributed by atoms with Gasteiger partial charge in [-0.25, -0.2) is 4.90 Å². The number of carbonyl (C=O) groups is 4. The lowest BCUT2D eigenvalue weighted by molar-refractivity contribution is -0.288. The minimum atomic E-state index is -6.27. The van der Waals surface area contributed by atoms with Gasteiger partial charge in [-0.2, -0.15) is 52.7 Å². The molecular formula is C34H15F12IN2O4. The summed E-state index contributed by atoms with van der Waals surface area (Å²) in [5.41, 5.74) is -17.4. The maximum absolute atomic E-state index is 14.9. The summed E-state index contributed by atoms with van der Waals surface area (Å²) in [7, 11) is 0.952. The standard InChI is InChI=1S/C34H15F12IN2O4/c1-48-26(50)20-6-2-14(10-22(20)27(48)51)30(33(41,42)43,34(44,45)46)15-3-7-21-23(11-15)29(53)49(28(21)52)17-5-9-19(25(13-17)32(38,39)40)18-8-4-16(47)12-24(18)31(35,36)37/h2-13H,1H3. The van der Waals surface area contributed by atoms with Gasteiger partial charge in [-0.3, -0.25) is 24.1 Å². The van der Waals surface area contributed by atoms with Crippen molar-refractivity contribution >= 4 is 51.9 Å². The minimum absolute atomic E-state index is 0.0293. The highest BCUT2D eigenvalue weighted by Crippen LogP contribution is 2.57. The van der Waals surface area contributed by atoms with Crippen LogP contribution >= 0.6 is 22.6 Å². The van der Waals surface area contributed by atoms with Crippen LogP contribution in [0.25, 0.3) is 11.1 Å². The van der Waals surface area contributed by atoms with Gasteiger partial charge in [0.25, 0.3) is 23.6 Å². The van der Waals surface area contributed by atoms with Crippen LogP contribution in [-0.4, -0.2) is 47.9 Å². The van der Waals surface area contributed by atoms with E-state index in [1.807, 2.05) is 0 Å². The number of hydrogen-bond acceptors (Lipinski definition) is 4. The lowest BCUT2D eigenvalue weighted by Gasteiger charge is -2.38. The summed E-state index contributed by atoms with van der Waals surface area (Å²) in [5, 5.41) is 0. The fourth-order valence-electron chi connectivity index (χ4n) is 6.41. The maximum Gasteiger partial charge on any atom is 0.417 e. The second-order valence-corrected chi connectivity index (χ2v) is 13.0. The molecule has 2 aliphatic heterocycles. The SMILES string of the molecule is CN1C(=O)c2ccc(C(c3ccc4c(c3)C(=O)N(c3ccc(-c5ccc(I)cc5C(F)(F)F)c(C(F)(F)F)c3)C4=O)(C(F)(F)F)C(F)(F)F)cc2C1=O. The molecule has 276 valence electrons. The number of carbonyl (C=O) groups excluding carboxylic acids is 4. The van der Waals surface area contributed by atoms with Crippen molar-refractivity contribution in [1.29, 1.82) is 0 Å². The third kappa shape index (κ3) is 5.73. The highest BCUT2D eigenvalue weighted by atomic mass is 127. The first-order valence-corrected chi connectivity index (χ1v) is 15.6. The second kappa shape index (κ2) is 12.0. The number of fused-ring (bicyclic) bond motifs is 2. The van der Waals surface area contributed by atoms with Gasteiger partial charge in [-0.1, -0.05) is 24.3 Å². The van der Waals surface area contributed by atoms with E-state index in [2.05, 4.69) is 0 Å². The number of nitrogens with zero attached hydrogens (tertiary/aromatic N) is 2. The number of benzene rings is 4. The van der Waals surface area contributed by atoms with Gasteiger partial charge in [0.05, 0.1) is 39.1 Å². The summed E-state index contributed by atoms with van der Waals surface area (Å²) in [6.07, 6.45) is -23.1. The molecule has 0 radical (unpaired) electrons. The van der Waals surface area contributed by atoms with Crippen LogP contribution in [0, 0.1) is 3.57 Å². The van der Waals surface area contributed by atoms with Crippen LogP contribution in [0.5, 0.6) is 0 Å². The zero-order valence-corrected chi connectivity index (χ0v) is 28.0. The Hall–Kier alpha value is -4.95. The van der Waals surface area contributed by atoms with Gasteiger partial charge in [0.1, 0.15) is 0 Å². The highest BCUT2D eigenvalue weighted by molar-refractivity contribution is 14.1. The number of hydrogen-bond donors (Lipinski definition) is 0. The summed E-state index contributed by atoms with van der Waals surface area (Å²) in [6.45, 7) is 0. The molecule has 53 heavy (non-hydrogen) atoms. The fourth-order valence-corrected chi connectivity index (χ4v) is 6.90. The average molecular weight is 870 g/mol. The van der Waals surface area contributed by atoms with Crippen molar-refractivity contribution in [3.63, 3.8) is 0 Å². The number of rotatable bonds is 4. The molecule has 19 heteroatoms. The Balaban J connectivity index is 1.50. The number of imide groups is 2. The minimum Gasteiger partial charge on any atom is -0.277 e. The number of amides is 4. The van der Waals surface area contributed by atoms with Crippen molar-refractivity contribution < 1.29 is 71.9 Å². The van der Waals surface area contributed by atoms with Crippen molar-refractivity contribution in [3.8, 4) is 11.1 Å². The largest absolute Gasteiger partial charge is 0.417 e. The van der Waals surface area contributed by atoms with E-state index in [9.17, 15) is 71.9 Å². The first-order valence-electron chi connectivity index (χ1n) is 14.5. The Bertz CT molecular complexity index is 2260. The molecule has 0 aromatic heterocycles. The summed E-state index contributed by atoms with van der Waals surface area (Å²) < 4.78 is 174. The van der Waals surface area contributed by atoms with E-state index in [1.165, 1.54) is 22.6 Å². The molecule has 0 N–H and O–H groups in total. The smallest absolute Gasteiger partial charge is 0.277 e. The summed E-state index contributed by atoms with van der Waals surface area (Å²) in [4.78, 5) is 52.2. The molecule has 4 amide bonds. The molecule has 0 atom stereocenters. The van der Waals surface area contributed by atoms with E-state index in [-0.39, 0.29) is 32.7 Å². The molecule has 0 aliphatic carbocycles. The highest BCUT2D eigenvalue weighted by Gasteiger charge is 2.73. The van der Waals surface area contributed by atoms with Gasteiger partial charge in [-0.15, -0.1) is 0 Å². The van der Waals surface area contributed by atoms with Crippen LogP contribution in [0.1, 0.15) is 63.7 Å². The Kier molecular flexibility index (Phi) is 8.58. The number of alkyl halides is 12. The first kappa shape index (κ1) is 37.8. The van der Waals surface area contributed by atoms with Crippen molar-refractivity contribution in [2.24, 2.45) is 0 Å². The molecule has 2 heterocycles. The van der Waals surface area contributed by atoms with E-state index in [4.69, 9.17) is 0 Å². The van der Waals surface area contributed by atoms with Crippen LogP contribution < -0.4 is 4.90 Å². The zero-order valence-electron chi connectivity index (χ0n) is 25.9. The van der Waals surface area contributed by atoms with Crippen LogP contribution in [-0.2, 0) is 17.8 Å². The summed E-state index contributed by atoms with van der Waals surface area (Å²) in [5.74, 6) is -5.30. The molecule has 0 fully saturated rings. The number of halogens is 13. The topological polar surface area (TPSA) is 74.8 Å². The van der Waals surface area contributed by atoms with E-state index >= 15 is 0 Å². The first-order chi connectivity index (χ1) is 24.3. The molecular weight excluding hydrogens is 855 g/mol. The quantitative estimate of drug-likeness (QED) is 0.117.